The molecule has 122 valence electrons. The van der Waals surface area contributed by atoms with E-state index < -0.39 is 12.0 Å². The van der Waals surface area contributed by atoms with Gasteiger partial charge in [-0.2, -0.15) is 0 Å². The molecule has 4 N–H and O–H groups in total. The highest BCUT2D eigenvalue weighted by molar-refractivity contribution is 14.1. The molecule has 0 heterocycles. The minimum atomic E-state index is -1.03. The molecule has 0 amide bonds. The van der Waals surface area contributed by atoms with Gasteiger partial charge in [-0.3, -0.25) is 4.79 Å². The van der Waals surface area contributed by atoms with E-state index in [1.165, 1.54) is 0 Å². The lowest BCUT2D eigenvalue weighted by Crippen LogP contribution is -2.33. The van der Waals surface area contributed by atoms with Gasteiger partial charge in [-0.1, -0.05) is 28.7 Å². The number of phenols is 1. The van der Waals surface area contributed by atoms with E-state index in [-0.39, 0.29) is 9.67 Å². The predicted octanol–water partition coefficient (Wildman–Crippen LogP) is 4.28. The summed E-state index contributed by atoms with van der Waals surface area (Å²) in [7, 11) is 0. The summed E-state index contributed by atoms with van der Waals surface area (Å²) >= 11 is 6.19. The van der Waals surface area contributed by atoms with Crippen molar-refractivity contribution in [3.63, 3.8) is 0 Å². The van der Waals surface area contributed by atoms with Crippen LogP contribution in [0.2, 0.25) is 0 Å². The number of halogens is 3. The molecule has 0 radical (unpaired) electrons. The molecule has 0 aliphatic rings. The number of ether oxygens (including phenoxy) is 1. The van der Waals surface area contributed by atoms with Crippen LogP contribution in [0, 0.1) is 7.14 Å². The summed E-state index contributed by atoms with van der Waals surface area (Å²) in [4.78, 5) is 11.0. The summed E-state index contributed by atoms with van der Waals surface area (Å²) in [5.74, 6) is 0.450. The third-order valence-corrected chi connectivity index (χ3v) is 6.22. The van der Waals surface area contributed by atoms with Crippen LogP contribution in [0.1, 0.15) is 9.49 Å². The first-order valence-electron chi connectivity index (χ1n) is 6.38. The minimum Gasteiger partial charge on any atom is -0.507 e. The van der Waals surface area contributed by atoms with Crippen LogP contribution in [0.25, 0.3) is 0 Å². The average Bonchev–Trinajstić information content (AvgIpc) is 2.51. The van der Waals surface area contributed by atoms with E-state index in [1.807, 2.05) is 57.3 Å². The number of rotatable bonds is 5. The van der Waals surface area contributed by atoms with Crippen molar-refractivity contribution in [2.45, 2.75) is 9.97 Å². The number of benzene rings is 2. The Morgan fingerprint density at radius 2 is 1.83 bits per heavy atom. The molecular weight excluding hydrogens is 639 g/mol. The van der Waals surface area contributed by atoms with E-state index in [0.29, 0.717) is 15.1 Å². The Morgan fingerprint density at radius 1 is 1.13 bits per heavy atom. The van der Waals surface area contributed by atoms with Crippen LogP contribution in [0.3, 0.4) is 0 Å². The van der Waals surface area contributed by atoms with Gasteiger partial charge < -0.3 is 20.7 Å². The Kier molecular flexibility index (Phi) is 6.74. The molecular formula is C15H12I3NO4. The molecule has 2 aromatic rings. The van der Waals surface area contributed by atoms with Gasteiger partial charge in [0.25, 0.3) is 0 Å². The smallest absolute Gasteiger partial charge is 0.321 e. The normalized spacial score (nSPS) is 13.4. The maximum atomic E-state index is 11.0. The third kappa shape index (κ3) is 4.82. The lowest BCUT2D eigenvalue weighted by Gasteiger charge is -2.16. The van der Waals surface area contributed by atoms with Crippen LogP contribution in [-0.4, -0.2) is 22.2 Å². The first-order valence-corrected chi connectivity index (χ1v) is 9.78. The number of phenolic OH excluding ortho intramolecular Hbond substituents is 1. The van der Waals surface area contributed by atoms with Crippen molar-refractivity contribution in [1.29, 1.82) is 0 Å². The first kappa shape index (κ1) is 19.0. The molecule has 23 heavy (non-hydrogen) atoms. The molecule has 0 spiro atoms. The Hall–Kier alpha value is -0.340. The summed E-state index contributed by atoms with van der Waals surface area (Å²) in [5, 5.41) is 18.5. The van der Waals surface area contributed by atoms with Crippen LogP contribution in [0.15, 0.2) is 36.4 Å². The van der Waals surface area contributed by atoms with Gasteiger partial charge in [0, 0.05) is 0 Å². The highest BCUT2D eigenvalue weighted by atomic mass is 127. The van der Waals surface area contributed by atoms with Gasteiger partial charge >= 0.3 is 5.97 Å². The maximum Gasteiger partial charge on any atom is 0.321 e. The second-order valence-corrected chi connectivity index (χ2v) is 8.34. The average molecular weight is 651 g/mol. The summed E-state index contributed by atoms with van der Waals surface area (Å²) in [6.07, 6.45) is 0. The first-order chi connectivity index (χ1) is 10.8. The molecule has 2 atom stereocenters. The molecule has 0 aliphatic heterocycles. The lowest BCUT2D eigenvalue weighted by molar-refractivity contribution is -0.138. The summed E-state index contributed by atoms with van der Waals surface area (Å²) in [6.45, 7) is 0. The number of hydrogen-bond donors (Lipinski definition) is 3. The van der Waals surface area contributed by atoms with Crippen molar-refractivity contribution in [2.24, 2.45) is 5.73 Å². The number of carbonyl (C=O) groups is 1. The monoisotopic (exact) mass is 651 g/mol. The highest BCUT2D eigenvalue weighted by Gasteiger charge is 2.23. The number of nitrogens with two attached hydrogens (primary N) is 1. The second kappa shape index (κ2) is 8.16. The van der Waals surface area contributed by atoms with Crippen LogP contribution in [0.4, 0.5) is 0 Å². The van der Waals surface area contributed by atoms with Crippen molar-refractivity contribution in [3.05, 3.63) is 49.1 Å². The molecule has 5 nitrogen and oxygen atoms in total. The maximum absolute atomic E-state index is 11.0. The van der Waals surface area contributed by atoms with Crippen molar-refractivity contribution >= 4 is 73.7 Å². The van der Waals surface area contributed by atoms with E-state index in [0.717, 1.165) is 9.13 Å². The Morgan fingerprint density at radius 3 is 2.39 bits per heavy atom. The number of aromatic hydroxyl groups is 1. The van der Waals surface area contributed by atoms with Crippen LogP contribution < -0.4 is 10.5 Å². The molecule has 8 heteroatoms. The van der Waals surface area contributed by atoms with Crippen LogP contribution in [0.5, 0.6) is 17.2 Å². The van der Waals surface area contributed by atoms with Crippen molar-refractivity contribution < 1.29 is 19.7 Å². The fraction of sp³-hybridized carbons (Fsp3) is 0.133. The number of carboxylic acid groups (broad SMARTS) is 1. The summed E-state index contributed by atoms with van der Waals surface area (Å²) in [5.41, 5.74) is 6.50. The van der Waals surface area contributed by atoms with Gasteiger partial charge in [0.2, 0.25) is 0 Å². The number of aliphatic carboxylic acids is 1. The molecule has 2 rings (SSSR count). The van der Waals surface area contributed by atoms with Gasteiger partial charge in [-0.05, 0) is 81.1 Å². The topological polar surface area (TPSA) is 92.8 Å². The Balaban J connectivity index is 2.22. The number of alkyl halides is 1. The van der Waals surface area contributed by atoms with Crippen molar-refractivity contribution in [1.82, 2.24) is 0 Å². The SMILES string of the molecule is N[C@@H](C(=O)O)C(I)c1ccc(Oc2ccc(O)c(I)c2)c(I)c1. The van der Waals surface area contributed by atoms with Gasteiger partial charge in [-0.25, -0.2) is 0 Å². The number of hydrogen-bond acceptors (Lipinski definition) is 4. The molecule has 0 fully saturated rings. The zero-order valence-electron chi connectivity index (χ0n) is 11.5. The van der Waals surface area contributed by atoms with Gasteiger partial charge in [-0.15, -0.1) is 0 Å². The zero-order valence-corrected chi connectivity index (χ0v) is 18.0. The summed E-state index contributed by atoms with van der Waals surface area (Å²) in [6, 6.07) is 9.49. The molecule has 0 bridgehead atoms. The summed E-state index contributed by atoms with van der Waals surface area (Å²) < 4.78 is 7.03. The number of carboxylic acids is 1. The van der Waals surface area contributed by atoms with E-state index in [2.05, 4.69) is 22.6 Å². The van der Waals surface area contributed by atoms with E-state index in [1.54, 1.807) is 24.3 Å². The third-order valence-electron chi connectivity index (χ3n) is 3.02. The molecule has 1 unspecified atom stereocenters. The fourth-order valence-corrected chi connectivity index (χ4v) is 3.61. The predicted molar refractivity (Wildman–Crippen MR) is 112 cm³/mol. The zero-order chi connectivity index (χ0) is 17.1. The van der Waals surface area contributed by atoms with E-state index in [9.17, 15) is 9.90 Å². The van der Waals surface area contributed by atoms with Gasteiger partial charge in [0.1, 0.15) is 23.3 Å². The van der Waals surface area contributed by atoms with E-state index in [4.69, 9.17) is 15.6 Å². The molecule has 0 saturated carbocycles. The highest BCUT2D eigenvalue weighted by Crippen LogP contribution is 2.34. The van der Waals surface area contributed by atoms with Crippen molar-refractivity contribution in [2.75, 3.05) is 0 Å². The quantitative estimate of drug-likeness (QED) is 0.332. The Labute approximate surface area is 174 Å². The van der Waals surface area contributed by atoms with Crippen LogP contribution in [-0.2, 0) is 4.79 Å². The molecule has 0 aliphatic carbocycles. The van der Waals surface area contributed by atoms with Gasteiger partial charge in [0.05, 0.1) is 11.1 Å². The van der Waals surface area contributed by atoms with Crippen molar-refractivity contribution in [3.8, 4) is 17.2 Å². The minimum absolute atomic E-state index is 0.207. The molecule has 2 aromatic carbocycles. The van der Waals surface area contributed by atoms with Gasteiger partial charge in [0.15, 0.2) is 0 Å². The lowest BCUT2D eigenvalue weighted by atomic mass is 10.1. The standard InChI is InChI=1S/C15H12I3NO4/c16-9-6-8(2-3-11(9)20)23-12-4-1-7(5-10(12)17)13(18)14(19)15(21)22/h1-6,13-14,20H,19H2,(H,21,22)/t13?,14-/m1/s1. The second-order valence-electron chi connectivity index (χ2n) is 4.67. The molecule has 0 saturated heterocycles. The molecule has 0 aromatic heterocycles. The largest absolute Gasteiger partial charge is 0.507 e. The fourth-order valence-electron chi connectivity index (χ4n) is 1.78. The van der Waals surface area contributed by atoms with Crippen LogP contribution >= 0.6 is 67.8 Å². The Bertz CT molecular complexity index is 739. The van der Waals surface area contributed by atoms with E-state index >= 15 is 0 Å².